The summed E-state index contributed by atoms with van der Waals surface area (Å²) in [7, 11) is 0. The number of Topliss-reactive ketones (excluding diaryl/α,β-unsaturated/α-hetero) is 2. The number of rotatable bonds is 9. The van der Waals surface area contributed by atoms with Crippen molar-refractivity contribution in [1.29, 1.82) is 0 Å². The minimum atomic E-state index is -1.40. The van der Waals surface area contributed by atoms with Crippen LogP contribution in [0.25, 0.3) is 0 Å². The number of carboxylic acid groups (broad SMARTS) is 2. The molecule has 6 heteroatoms. The van der Waals surface area contributed by atoms with Gasteiger partial charge in [0.15, 0.2) is 0 Å². The number of ketones is 2. The molecule has 0 fully saturated rings. The first-order valence-corrected chi connectivity index (χ1v) is 6.01. The van der Waals surface area contributed by atoms with E-state index in [9.17, 15) is 19.2 Å². The van der Waals surface area contributed by atoms with Gasteiger partial charge in [-0.15, -0.1) is 0 Å². The Morgan fingerprint density at radius 1 is 0.789 bits per heavy atom. The zero-order valence-corrected chi connectivity index (χ0v) is 11.1. The lowest BCUT2D eigenvalue weighted by atomic mass is 9.94. The predicted molar refractivity (Wildman–Crippen MR) is 66.7 cm³/mol. The normalized spacial score (nSPS) is 9.79. The Bertz CT molecular complexity index is 399. The third-order valence-corrected chi connectivity index (χ3v) is 2.62. The van der Waals surface area contributed by atoms with E-state index >= 15 is 0 Å². The Hall–Kier alpha value is -1.98. The molecule has 0 aliphatic heterocycles. The molecule has 0 aliphatic rings. The Morgan fingerprint density at radius 2 is 1.21 bits per heavy atom. The maximum atomic E-state index is 11.4. The van der Waals surface area contributed by atoms with Crippen LogP contribution in [0.15, 0.2) is 11.1 Å². The molecule has 19 heavy (non-hydrogen) atoms. The second-order valence-corrected chi connectivity index (χ2v) is 4.10. The second-order valence-electron chi connectivity index (χ2n) is 4.10. The molecule has 0 aliphatic carbocycles. The fourth-order valence-electron chi connectivity index (χ4n) is 1.50. The van der Waals surface area contributed by atoms with Gasteiger partial charge in [-0.1, -0.05) is 13.8 Å². The zero-order chi connectivity index (χ0) is 15.0. The van der Waals surface area contributed by atoms with Crippen LogP contribution in [0.4, 0.5) is 0 Å². The van der Waals surface area contributed by atoms with E-state index in [0.717, 1.165) is 0 Å². The molecular formula is C13H18O6. The average molecular weight is 270 g/mol. The van der Waals surface area contributed by atoms with Crippen LogP contribution in [0, 0.1) is 0 Å². The van der Waals surface area contributed by atoms with E-state index in [1.165, 1.54) is 0 Å². The van der Waals surface area contributed by atoms with Gasteiger partial charge in [-0.3, -0.25) is 14.4 Å². The number of aliphatic carboxylic acids is 2. The highest BCUT2D eigenvalue weighted by Gasteiger charge is 2.20. The summed E-state index contributed by atoms with van der Waals surface area (Å²) >= 11 is 0. The molecule has 0 spiro atoms. The van der Waals surface area contributed by atoms with E-state index in [1.807, 2.05) is 0 Å². The highest BCUT2D eigenvalue weighted by atomic mass is 16.4. The van der Waals surface area contributed by atoms with Gasteiger partial charge in [0.25, 0.3) is 0 Å². The first-order valence-electron chi connectivity index (χ1n) is 6.01. The van der Waals surface area contributed by atoms with Crippen molar-refractivity contribution >= 4 is 23.5 Å². The maximum Gasteiger partial charge on any atom is 0.332 e. The first-order chi connectivity index (χ1) is 8.81. The first kappa shape index (κ1) is 17.0. The third-order valence-electron chi connectivity index (χ3n) is 2.62. The summed E-state index contributed by atoms with van der Waals surface area (Å²) in [5.74, 6) is -3.14. The fourth-order valence-corrected chi connectivity index (χ4v) is 1.50. The quantitative estimate of drug-likeness (QED) is 0.616. The molecule has 0 atom stereocenters. The lowest BCUT2D eigenvalue weighted by Gasteiger charge is -2.10. The van der Waals surface area contributed by atoms with Crippen molar-refractivity contribution < 1.29 is 29.4 Å². The zero-order valence-electron chi connectivity index (χ0n) is 11.1. The Labute approximate surface area is 111 Å². The van der Waals surface area contributed by atoms with E-state index in [4.69, 9.17) is 10.2 Å². The summed E-state index contributed by atoms with van der Waals surface area (Å²) in [6.07, 6.45) is -0.638. The van der Waals surface area contributed by atoms with Crippen molar-refractivity contribution in [3.05, 3.63) is 11.1 Å². The number of carbonyl (C=O) groups excluding carboxylic acids is 2. The van der Waals surface area contributed by atoms with Crippen molar-refractivity contribution in [2.75, 3.05) is 0 Å². The van der Waals surface area contributed by atoms with Gasteiger partial charge in [0.2, 0.25) is 0 Å². The summed E-state index contributed by atoms with van der Waals surface area (Å²) in [5.41, 5.74) is -0.260. The summed E-state index contributed by atoms with van der Waals surface area (Å²) in [6.45, 7) is 3.25. The van der Waals surface area contributed by atoms with Gasteiger partial charge >= 0.3 is 11.9 Å². The van der Waals surface area contributed by atoms with Gasteiger partial charge < -0.3 is 10.2 Å². The van der Waals surface area contributed by atoms with Crippen LogP contribution in [0.3, 0.4) is 0 Å². The molecule has 0 aromatic heterocycles. The molecule has 0 amide bonds. The van der Waals surface area contributed by atoms with Crippen molar-refractivity contribution in [1.82, 2.24) is 0 Å². The minimum Gasteiger partial charge on any atom is -0.481 e. The van der Waals surface area contributed by atoms with E-state index in [1.54, 1.807) is 13.8 Å². The summed E-state index contributed by atoms with van der Waals surface area (Å²) in [4.78, 5) is 44.6. The molecule has 0 rings (SSSR count). The lowest BCUT2D eigenvalue weighted by molar-refractivity contribution is -0.139. The molecule has 0 unspecified atom stereocenters. The van der Waals surface area contributed by atoms with E-state index in [0.29, 0.717) is 0 Å². The monoisotopic (exact) mass is 270 g/mol. The van der Waals surface area contributed by atoms with Gasteiger partial charge in [0.1, 0.15) is 11.6 Å². The molecule has 0 aromatic carbocycles. The largest absolute Gasteiger partial charge is 0.481 e. The lowest BCUT2D eigenvalue weighted by Crippen LogP contribution is -2.14. The van der Waals surface area contributed by atoms with Crippen molar-refractivity contribution in [3.8, 4) is 0 Å². The molecule has 2 N–H and O–H groups in total. The molecule has 0 aromatic rings. The number of carbonyl (C=O) groups is 4. The summed E-state index contributed by atoms with van der Waals surface area (Å²) < 4.78 is 0. The Morgan fingerprint density at radius 3 is 1.47 bits per heavy atom. The van der Waals surface area contributed by atoms with Gasteiger partial charge in [0, 0.05) is 31.3 Å². The topological polar surface area (TPSA) is 109 Å². The molecule has 0 heterocycles. The summed E-state index contributed by atoms with van der Waals surface area (Å²) in [5, 5.41) is 17.7. The van der Waals surface area contributed by atoms with Crippen LogP contribution in [0.2, 0.25) is 0 Å². The van der Waals surface area contributed by atoms with E-state index < -0.39 is 18.4 Å². The SMILES string of the molecule is CCC(=O)CC(CC(=O)CC)=C(CC(=O)O)C(=O)O. The number of hydrogen-bond acceptors (Lipinski definition) is 4. The number of allylic oxidation sites excluding steroid dienone is 1. The smallest absolute Gasteiger partial charge is 0.332 e. The van der Waals surface area contributed by atoms with Crippen molar-refractivity contribution in [2.24, 2.45) is 0 Å². The third kappa shape index (κ3) is 6.49. The van der Waals surface area contributed by atoms with Crippen LogP contribution in [-0.4, -0.2) is 33.7 Å². The van der Waals surface area contributed by atoms with Crippen molar-refractivity contribution in [2.45, 2.75) is 46.0 Å². The molecule has 0 radical (unpaired) electrons. The molecule has 106 valence electrons. The average Bonchev–Trinajstić information content (AvgIpc) is 2.34. The van der Waals surface area contributed by atoms with Gasteiger partial charge in [0.05, 0.1) is 6.42 Å². The molecule has 0 saturated carbocycles. The van der Waals surface area contributed by atoms with Crippen molar-refractivity contribution in [3.63, 3.8) is 0 Å². The van der Waals surface area contributed by atoms with Crippen LogP contribution < -0.4 is 0 Å². The second kappa shape index (κ2) is 8.18. The summed E-state index contributed by atoms with van der Waals surface area (Å²) in [6, 6.07) is 0. The molecular weight excluding hydrogens is 252 g/mol. The highest BCUT2D eigenvalue weighted by molar-refractivity contribution is 5.96. The molecule has 0 saturated heterocycles. The fraction of sp³-hybridized carbons (Fsp3) is 0.538. The van der Waals surface area contributed by atoms with Gasteiger partial charge in [-0.05, 0) is 5.57 Å². The van der Waals surface area contributed by atoms with Crippen LogP contribution in [0.1, 0.15) is 46.0 Å². The maximum absolute atomic E-state index is 11.4. The van der Waals surface area contributed by atoms with Gasteiger partial charge in [-0.2, -0.15) is 0 Å². The van der Waals surface area contributed by atoms with Crippen LogP contribution in [0.5, 0.6) is 0 Å². The Balaban J connectivity index is 5.42. The van der Waals surface area contributed by atoms with E-state index in [-0.39, 0.29) is 48.4 Å². The number of carboxylic acids is 2. The molecule has 6 nitrogen and oxygen atoms in total. The molecule has 0 bridgehead atoms. The highest BCUT2D eigenvalue weighted by Crippen LogP contribution is 2.19. The van der Waals surface area contributed by atoms with Gasteiger partial charge in [-0.25, -0.2) is 4.79 Å². The standard InChI is InChI=1S/C13H18O6/c1-3-9(14)5-8(6-10(15)4-2)11(13(18)19)7-12(16)17/h3-7H2,1-2H3,(H,16,17)(H,18,19). The van der Waals surface area contributed by atoms with Crippen LogP contribution >= 0.6 is 0 Å². The van der Waals surface area contributed by atoms with Crippen LogP contribution in [-0.2, 0) is 19.2 Å². The minimum absolute atomic E-state index is 0.105. The number of hydrogen-bond donors (Lipinski definition) is 2. The Kier molecular flexibility index (Phi) is 7.33. The predicted octanol–water partition coefficient (Wildman–Crippen LogP) is 1.58. The van der Waals surface area contributed by atoms with E-state index in [2.05, 4.69) is 0 Å².